The quantitative estimate of drug-likeness (QED) is 0.223. The number of anilines is 1. The number of rotatable bonds is 8. The van der Waals surface area contributed by atoms with E-state index in [9.17, 15) is 13.2 Å². The van der Waals surface area contributed by atoms with Gasteiger partial charge in [-0.2, -0.15) is 0 Å². The summed E-state index contributed by atoms with van der Waals surface area (Å²) < 4.78 is 26.2. The van der Waals surface area contributed by atoms with Crippen molar-refractivity contribution in [1.29, 1.82) is 0 Å². The van der Waals surface area contributed by atoms with Gasteiger partial charge in [-0.1, -0.05) is 65.0 Å². The van der Waals surface area contributed by atoms with Crippen LogP contribution in [-0.2, 0) is 15.6 Å². The zero-order valence-corrected chi connectivity index (χ0v) is 18.9. The maximum absolute atomic E-state index is 12.8. The fourth-order valence-electron chi connectivity index (χ4n) is 2.31. The van der Waals surface area contributed by atoms with Gasteiger partial charge in [0, 0.05) is 5.75 Å². The molecule has 2 heterocycles. The minimum atomic E-state index is -3.89. The molecule has 1 aromatic carbocycles. The Morgan fingerprint density at radius 2 is 2.10 bits per heavy atom. The number of benzene rings is 1. The molecule has 0 bridgehead atoms. The van der Waals surface area contributed by atoms with Crippen LogP contribution in [0.4, 0.5) is 5.13 Å². The molecule has 12 heteroatoms. The van der Waals surface area contributed by atoms with Crippen molar-refractivity contribution in [1.82, 2.24) is 20.2 Å². The molecule has 0 fully saturated rings. The average Bonchev–Trinajstić information content (AvgIpc) is 3.15. The lowest BCUT2D eigenvalue weighted by atomic mass is 10.1. The Labute approximate surface area is 186 Å². The normalized spacial score (nSPS) is 11.3. The Bertz CT molecular complexity index is 1200. The molecule has 3 rings (SSSR count). The Morgan fingerprint density at radius 3 is 2.83 bits per heavy atom. The van der Waals surface area contributed by atoms with Gasteiger partial charge in [0.1, 0.15) is 0 Å². The molecule has 1 N–H and O–H groups in total. The van der Waals surface area contributed by atoms with Gasteiger partial charge in [0.25, 0.3) is 5.91 Å². The van der Waals surface area contributed by atoms with Crippen molar-refractivity contribution in [2.45, 2.75) is 22.2 Å². The molecular weight excluding hydrogens is 466 g/mol. The number of nitrogens with zero attached hydrogens (tertiary/aromatic N) is 4. The first-order valence-corrected chi connectivity index (χ1v) is 12.3. The van der Waals surface area contributed by atoms with Gasteiger partial charge in [0.05, 0.1) is 17.0 Å². The number of aryl methyl sites for hydroxylation is 1. The van der Waals surface area contributed by atoms with E-state index in [1.165, 1.54) is 23.1 Å². The number of thioether (sulfide) groups is 1. The van der Waals surface area contributed by atoms with Crippen LogP contribution in [0.15, 0.2) is 52.6 Å². The molecule has 0 radical (unpaired) electrons. The van der Waals surface area contributed by atoms with Crippen LogP contribution in [0.3, 0.4) is 0 Å². The summed E-state index contributed by atoms with van der Waals surface area (Å²) in [5, 5.41) is 10.0. The molecule has 0 spiro atoms. The lowest BCUT2D eigenvalue weighted by Gasteiger charge is -2.08. The van der Waals surface area contributed by atoms with E-state index < -0.39 is 20.9 Å². The first-order valence-electron chi connectivity index (χ1n) is 8.48. The number of nitrogens with one attached hydrogen (secondary N) is 1. The highest BCUT2D eigenvalue weighted by Crippen LogP contribution is 2.26. The van der Waals surface area contributed by atoms with Gasteiger partial charge in [-0.05, 0) is 18.1 Å². The van der Waals surface area contributed by atoms with Crippen molar-refractivity contribution >= 4 is 55.6 Å². The molecule has 0 unspecified atom stereocenters. The molecular formula is C18H16ClN5O3S3. The number of aromatic nitrogens is 4. The van der Waals surface area contributed by atoms with E-state index in [2.05, 4.69) is 32.1 Å². The van der Waals surface area contributed by atoms with Crippen molar-refractivity contribution < 1.29 is 13.2 Å². The molecule has 2 aromatic heterocycles. The standard InChI is InChI=1S/C18H16ClN5O3S3/c1-3-8-28-18-24-23-16(29-18)22-15(25)14-13(19)9-20-17(21-14)30(26,27)10-12-7-5-4-6-11(12)2/h3-7,9H,1,8,10H2,2H3,(H,22,23,25). The van der Waals surface area contributed by atoms with Gasteiger partial charge in [-0.25, -0.2) is 18.4 Å². The number of amides is 1. The summed E-state index contributed by atoms with van der Waals surface area (Å²) >= 11 is 8.63. The fourth-order valence-corrected chi connectivity index (χ4v) is 5.30. The van der Waals surface area contributed by atoms with Gasteiger partial charge in [-0.15, -0.1) is 16.8 Å². The second kappa shape index (κ2) is 9.65. The van der Waals surface area contributed by atoms with Crippen LogP contribution in [0.1, 0.15) is 21.6 Å². The summed E-state index contributed by atoms with van der Waals surface area (Å²) in [7, 11) is -3.89. The number of carbonyl (C=O) groups is 1. The van der Waals surface area contributed by atoms with E-state index in [1.54, 1.807) is 18.2 Å². The Balaban J connectivity index is 1.82. The summed E-state index contributed by atoms with van der Waals surface area (Å²) in [5.74, 6) is -0.336. The lowest BCUT2D eigenvalue weighted by Crippen LogP contribution is -2.18. The summed E-state index contributed by atoms with van der Waals surface area (Å²) in [4.78, 5) is 20.3. The largest absolute Gasteiger partial charge is 0.295 e. The fraction of sp³-hybridized carbons (Fsp3) is 0.167. The van der Waals surface area contributed by atoms with Crippen LogP contribution < -0.4 is 5.32 Å². The molecule has 0 saturated heterocycles. The van der Waals surface area contributed by atoms with Crippen LogP contribution >= 0.6 is 34.7 Å². The van der Waals surface area contributed by atoms with E-state index in [4.69, 9.17) is 11.6 Å². The molecule has 30 heavy (non-hydrogen) atoms. The minimum Gasteiger partial charge on any atom is -0.295 e. The zero-order valence-electron chi connectivity index (χ0n) is 15.7. The minimum absolute atomic E-state index is 0.0758. The summed E-state index contributed by atoms with van der Waals surface area (Å²) in [6, 6.07) is 7.11. The molecule has 3 aromatic rings. The van der Waals surface area contributed by atoms with E-state index in [0.29, 0.717) is 15.7 Å². The van der Waals surface area contributed by atoms with Crippen molar-refractivity contribution in [2.24, 2.45) is 0 Å². The molecule has 0 saturated carbocycles. The summed E-state index contributed by atoms with van der Waals surface area (Å²) in [5.41, 5.74) is 1.19. The van der Waals surface area contributed by atoms with Crippen LogP contribution in [-0.4, -0.2) is 40.2 Å². The van der Waals surface area contributed by atoms with Crippen LogP contribution in [0.25, 0.3) is 0 Å². The molecule has 0 atom stereocenters. The van der Waals surface area contributed by atoms with Crippen molar-refractivity contribution in [2.75, 3.05) is 11.1 Å². The van der Waals surface area contributed by atoms with Gasteiger partial charge >= 0.3 is 0 Å². The van der Waals surface area contributed by atoms with Crippen LogP contribution in [0.5, 0.6) is 0 Å². The first kappa shape index (κ1) is 22.3. The highest BCUT2D eigenvalue weighted by Gasteiger charge is 2.24. The van der Waals surface area contributed by atoms with Gasteiger partial charge in [-0.3, -0.25) is 10.1 Å². The second-order valence-corrected chi connectivity index (χ2v) is 10.5. The van der Waals surface area contributed by atoms with Gasteiger partial charge < -0.3 is 0 Å². The number of sulfone groups is 1. The highest BCUT2D eigenvalue weighted by molar-refractivity contribution is 8.01. The number of carbonyl (C=O) groups excluding carboxylic acids is 1. The van der Waals surface area contributed by atoms with Crippen molar-refractivity contribution in [3.63, 3.8) is 0 Å². The third-order valence-electron chi connectivity index (χ3n) is 3.77. The van der Waals surface area contributed by atoms with Gasteiger partial charge in [0.15, 0.2) is 10.0 Å². The lowest BCUT2D eigenvalue weighted by molar-refractivity contribution is 0.102. The molecule has 0 aliphatic heterocycles. The first-order chi connectivity index (χ1) is 14.3. The third kappa shape index (κ3) is 5.42. The molecule has 0 aliphatic carbocycles. The van der Waals surface area contributed by atoms with Gasteiger partial charge in [0.2, 0.25) is 20.1 Å². The molecule has 0 aliphatic rings. The number of hydrogen-bond acceptors (Lipinski definition) is 9. The highest BCUT2D eigenvalue weighted by atomic mass is 35.5. The predicted octanol–water partition coefficient (Wildman–Crippen LogP) is 3.79. The van der Waals surface area contributed by atoms with Crippen molar-refractivity contribution in [3.05, 3.63) is 65.0 Å². The predicted molar refractivity (Wildman–Crippen MR) is 118 cm³/mol. The third-order valence-corrected chi connectivity index (χ3v) is 7.46. The van der Waals surface area contributed by atoms with Crippen LogP contribution in [0.2, 0.25) is 5.02 Å². The topological polar surface area (TPSA) is 115 Å². The van der Waals surface area contributed by atoms with E-state index in [1.807, 2.05) is 19.1 Å². The average molecular weight is 482 g/mol. The molecule has 8 nitrogen and oxygen atoms in total. The Hall–Kier alpha value is -2.34. The Kier molecular flexibility index (Phi) is 7.19. The summed E-state index contributed by atoms with van der Waals surface area (Å²) in [6.45, 7) is 5.44. The SMILES string of the molecule is C=CCSc1nnc(NC(=O)c2nc(S(=O)(=O)Cc3ccccc3C)ncc2Cl)s1. The van der Waals surface area contributed by atoms with E-state index >= 15 is 0 Å². The Morgan fingerprint density at radius 1 is 1.33 bits per heavy atom. The molecule has 1 amide bonds. The monoisotopic (exact) mass is 481 g/mol. The maximum atomic E-state index is 12.8. The molecule has 156 valence electrons. The number of halogens is 1. The smallest absolute Gasteiger partial charge is 0.277 e. The zero-order chi connectivity index (χ0) is 21.7. The van der Waals surface area contributed by atoms with E-state index in [-0.39, 0.29) is 21.6 Å². The van der Waals surface area contributed by atoms with E-state index in [0.717, 1.165) is 11.8 Å². The van der Waals surface area contributed by atoms with Crippen molar-refractivity contribution in [3.8, 4) is 0 Å². The second-order valence-electron chi connectivity index (χ2n) is 5.96. The van der Waals surface area contributed by atoms with Crippen LogP contribution in [0, 0.1) is 6.92 Å². The number of hydrogen-bond donors (Lipinski definition) is 1. The summed E-state index contributed by atoms with van der Waals surface area (Å²) in [6.07, 6.45) is 2.82. The maximum Gasteiger partial charge on any atom is 0.277 e.